The molecular formula is C17H16N2O2S2. The van der Waals surface area contributed by atoms with Crippen LogP contribution in [0.25, 0.3) is 6.08 Å². The van der Waals surface area contributed by atoms with Crippen molar-refractivity contribution in [1.82, 2.24) is 4.57 Å². The number of amides is 1. The van der Waals surface area contributed by atoms with Gasteiger partial charge in [-0.2, -0.15) is 0 Å². The number of aryl methyl sites for hydroxylation is 1. The summed E-state index contributed by atoms with van der Waals surface area (Å²) in [5.41, 5.74) is 1.65. The van der Waals surface area contributed by atoms with Gasteiger partial charge in [0.05, 0.1) is 17.2 Å². The molecule has 2 aromatic rings. The van der Waals surface area contributed by atoms with Gasteiger partial charge < -0.3 is 9.30 Å². The van der Waals surface area contributed by atoms with E-state index in [0.717, 1.165) is 5.69 Å². The number of hydrogen-bond acceptors (Lipinski definition) is 4. The third-order valence-electron chi connectivity index (χ3n) is 3.46. The van der Waals surface area contributed by atoms with Crippen molar-refractivity contribution in [3.8, 4) is 5.75 Å². The van der Waals surface area contributed by atoms with Gasteiger partial charge in [-0.15, -0.1) is 0 Å². The number of anilines is 1. The van der Waals surface area contributed by atoms with E-state index in [0.29, 0.717) is 27.3 Å². The maximum absolute atomic E-state index is 12.8. The van der Waals surface area contributed by atoms with Crippen molar-refractivity contribution in [2.24, 2.45) is 7.05 Å². The van der Waals surface area contributed by atoms with Gasteiger partial charge in [0, 0.05) is 18.9 Å². The molecule has 6 heteroatoms. The highest BCUT2D eigenvalue weighted by molar-refractivity contribution is 8.27. The van der Waals surface area contributed by atoms with E-state index in [4.69, 9.17) is 17.0 Å². The molecule has 0 bridgehead atoms. The minimum Gasteiger partial charge on any atom is -0.492 e. The average Bonchev–Trinajstić information content (AvgIpc) is 3.05. The largest absolute Gasteiger partial charge is 0.492 e. The van der Waals surface area contributed by atoms with Crippen LogP contribution in [0.2, 0.25) is 0 Å². The van der Waals surface area contributed by atoms with E-state index in [1.807, 2.05) is 67.2 Å². The van der Waals surface area contributed by atoms with Crippen molar-refractivity contribution in [2.75, 3.05) is 11.5 Å². The van der Waals surface area contributed by atoms with E-state index >= 15 is 0 Å². The van der Waals surface area contributed by atoms with Crippen molar-refractivity contribution in [3.05, 3.63) is 53.2 Å². The van der Waals surface area contributed by atoms with Crippen molar-refractivity contribution < 1.29 is 9.53 Å². The normalized spacial score (nSPS) is 16.4. The molecule has 3 rings (SSSR count). The molecule has 0 unspecified atom stereocenters. The molecule has 4 nitrogen and oxygen atoms in total. The lowest BCUT2D eigenvalue weighted by Crippen LogP contribution is -2.28. The SMILES string of the molecule is CCOc1ccccc1N1C(=O)/C(=C\c2cccn2C)SC1=S. The van der Waals surface area contributed by atoms with Gasteiger partial charge in [-0.1, -0.05) is 36.1 Å². The molecule has 0 atom stereocenters. The second kappa shape index (κ2) is 6.60. The predicted octanol–water partition coefficient (Wildman–Crippen LogP) is 3.83. The summed E-state index contributed by atoms with van der Waals surface area (Å²) in [7, 11) is 1.94. The molecule has 0 saturated carbocycles. The second-order valence-corrected chi connectivity index (χ2v) is 6.64. The van der Waals surface area contributed by atoms with Crippen LogP contribution in [-0.2, 0) is 11.8 Å². The van der Waals surface area contributed by atoms with Crippen LogP contribution >= 0.6 is 24.0 Å². The van der Waals surface area contributed by atoms with Crippen molar-refractivity contribution in [2.45, 2.75) is 6.92 Å². The van der Waals surface area contributed by atoms with Crippen LogP contribution in [0.15, 0.2) is 47.5 Å². The smallest absolute Gasteiger partial charge is 0.270 e. The monoisotopic (exact) mass is 344 g/mol. The molecule has 118 valence electrons. The Bertz CT molecular complexity index is 795. The lowest BCUT2D eigenvalue weighted by molar-refractivity contribution is -0.113. The summed E-state index contributed by atoms with van der Waals surface area (Å²) in [5, 5.41) is 0. The number of hydrogen-bond donors (Lipinski definition) is 0. The Morgan fingerprint density at radius 3 is 2.74 bits per heavy atom. The van der Waals surface area contributed by atoms with Gasteiger partial charge in [-0.25, -0.2) is 0 Å². The number of aromatic nitrogens is 1. The van der Waals surface area contributed by atoms with E-state index in [2.05, 4.69) is 0 Å². The van der Waals surface area contributed by atoms with E-state index in [-0.39, 0.29) is 5.91 Å². The van der Waals surface area contributed by atoms with Crippen LogP contribution in [0.3, 0.4) is 0 Å². The number of para-hydroxylation sites is 2. The number of carbonyl (C=O) groups is 1. The van der Waals surface area contributed by atoms with Gasteiger partial charge >= 0.3 is 0 Å². The minimum absolute atomic E-state index is 0.117. The minimum atomic E-state index is -0.117. The standard InChI is InChI=1S/C17H16N2O2S2/c1-3-21-14-9-5-4-8-13(14)19-16(20)15(23-17(19)22)11-12-7-6-10-18(12)2/h4-11H,3H2,1-2H3/b15-11+. The highest BCUT2D eigenvalue weighted by atomic mass is 32.2. The number of thiocarbonyl (C=S) groups is 1. The number of rotatable bonds is 4. The molecule has 1 aliphatic rings. The fourth-order valence-corrected chi connectivity index (χ4v) is 3.62. The molecule has 0 spiro atoms. The Kier molecular flexibility index (Phi) is 4.54. The molecule has 0 N–H and O–H groups in total. The number of benzene rings is 1. The Morgan fingerprint density at radius 2 is 2.04 bits per heavy atom. The van der Waals surface area contributed by atoms with Gasteiger partial charge in [0.25, 0.3) is 5.91 Å². The molecule has 23 heavy (non-hydrogen) atoms. The fraction of sp³-hybridized carbons (Fsp3) is 0.176. The van der Waals surface area contributed by atoms with Crippen molar-refractivity contribution in [3.63, 3.8) is 0 Å². The van der Waals surface area contributed by atoms with Gasteiger partial charge in [0.1, 0.15) is 5.75 Å². The zero-order chi connectivity index (χ0) is 16.4. The van der Waals surface area contributed by atoms with Crippen LogP contribution < -0.4 is 9.64 Å². The summed E-state index contributed by atoms with van der Waals surface area (Å²) in [6, 6.07) is 11.3. The summed E-state index contributed by atoms with van der Waals surface area (Å²) < 4.78 is 8.10. The summed E-state index contributed by atoms with van der Waals surface area (Å²) >= 11 is 6.72. The highest BCUT2D eigenvalue weighted by Crippen LogP contribution is 2.39. The zero-order valence-corrected chi connectivity index (χ0v) is 14.5. The molecular weight excluding hydrogens is 328 g/mol. The topological polar surface area (TPSA) is 34.5 Å². The molecule has 1 aliphatic heterocycles. The summed E-state index contributed by atoms with van der Waals surface area (Å²) in [5.74, 6) is 0.541. The molecule has 1 aromatic carbocycles. The number of nitrogens with zero attached hydrogens (tertiary/aromatic N) is 2. The summed E-state index contributed by atoms with van der Waals surface area (Å²) in [4.78, 5) is 15.0. The zero-order valence-electron chi connectivity index (χ0n) is 12.9. The van der Waals surface area contributed by atoms with Crippen LogP contribution in [0, 0.1) is 0 Å². The van der Waals surface area contributed by atoms with E-state index < -0.39 is 0 Å². The lowest BCUT2D eigenvalue weighted by Gasteiger charge is -2.18. The van der Waals surface area contributed by atoms with E-state index in [1.165, 1.54) is 11.8 Å². The predicted molar refractivity (Wildman–Crippen MR) is 98.7 cm³/mol. The first-order chi connectivity index (χ1) is 11.1. The molecule has 1 aromatic heterocycles. The fourth-order valence-electron chi connectivity index (χ4n) is 2.35. The second-order valence-electron chi connectivity index (χ2n) is 4.96. The third kappa shape index (κ3) is 3.04. The Morgan fingerprint density at radius 1 is 1.26 bits per heavy atom. The van der Waals surface area contributed by atoms with Crippen molar-refractivity contribution in [1.29, 1.82) is 0 Å². The van der Waals surface area contributed by atoms with Crippen LogP contribution in [0.1, 0.15) is 12.6 Å². The summed E-state index contributed by atoms with van der Waals surface area (Å²) in [6.07, 6.45) is 3.81. The van der Waals surface area contributed by atoms with Gasteiger partial charge in [0.15, 0.2) is 4.32 Å². The highest BCUT2D eigenvalue weighted by Gasteiger charge is 2.35. The van der Waals surface area contributed by atoms with Crippen LogP contribution in [0.4, 0.5) is 5.69 Å². The first-order valence-corrected chi connectivity index (χ1v) is 8.45. The molecule has 1 amide bonds. The van der Waals surface area contributed by atoms with Crippen LogP contribution in [0.5, 0.6) is 5.75 Å². The van der Waals surface area contributed by atoms with E-state index in [9.17, 15) is 4.79 Å². The quantitative estimate of drug-likeness (QED) is 0.624. The lowest BCUT2D eigenvalue weighted by atomic mass is 10.2. The average molecular weight is 344 g/mol. The first kappa shape index (κ1) is 15.8. The molecule has 1 fully saturated rings. The van der Waals surface area contributed by atoms with Crippen molar-refractivity contribution >= 4 is 46.0 Å². The molecule has 2 heterocycles. The molecule has 1 saturated heterocycles. The maximum Gasteiger partial charge on any atom is 0.270 e. The number of ether oxygens (including phenoxy) is 1. The van der Waals surface area contributed by atoms with Crippen LogP contribution in [-0.4, -0.2) is 21.4 Å². The third-order valence-corrected chi connectivity index (χ3v) is 4.76. The number of thioether (sulfide) groups is 1. The molecule has 0 aliphatic carbocycles. The Balaban J connectivity index is 1.97. The van der Waals surface area contributed by atoms with Gasteiger partial charge in [-0.3, -0.25) is 9.69 Å². The number of carbonyl (C=O) groups excluding carboxylic acids is 1. The van der Waals surface area contributed by atoms with Gasteiger partial charge in [0.2, 0.25) is 0 Å². The van der Waals surface area contributed by atoms with E-state index in [1.54, 1.807) is 4.90 Å². The first-order valence-electron chi connectivity index (χ1n) is 7.23. The maximum atomic E-state index is 12.8. The Labute approximate surface area is 144 Å². The summed E-state index contributed by atoms with van der Waals surface area (Å²) in [6.45, 7) is 2.45. The molecule has 0 radical (unpaired) electrons. The van der Waals surface area contributed by atoms with Gasteiger partial charge in [-0.05, 0) is 37.3 Å². The Hall–Kier alpha value is -2.05.